The van der Waals surface area contributed by atoms with Gasteiger partial charge in [0.15, 0.2) is 0 Å². The number of anilines is 1. The monoisotopic (exact) mass is 273 g/mol. The van der Waals surface area contributed by atoms with Crippen LogP contribution < -0.4 is 5.32 Å². The number of aromatic nitrogens is 2. The van der Waals surface area contributed by atoms with Crippen molar-refractivity contribution < 1.29 is 4.74 Å². The van der Waals surface area contributed by atoms with Gasteiger partial charge in [-0.3, -0.25) is 0 Å². The largest absolute Gasteiger partial charge is 0.381 e. The predicted molar refractivity (Wildman–Crippen MR) is 63.9 cm³/mol. The molecule has 0 amide bonds. The van der Waals surface area contributed by atoms with Gasteiger partial charge in [0.2, 0.25) is 0 Å². The molecule has 15 heavy (non-hydrogen) atoms. The van der Waals surface area contributed by atoms with E-state index in [9.17, 15) is 0 Å². The van der Waals surface area contributed by atoms with E-state index in [0.717, 1.165) is 42.9 Å². The number of ether oxygens (including phenoxy) is 1. The van der Waals surface area contributed by atoms with Gasteiger partial charge in [0.05, 0.1) is 4.47 Å². The molecular weight excluding hydrogens is 258 g/mol. The Morgan fingerprint density at radius 1 is 1.47 bits per heavy atom. The van der Waals surface area contributed by atoms with E-state index >= 15 is 0 Å². The highest BCUT2D eigenvalue weighted by molar-refractivity contribution is 9.10. The van der Waals surface area contributed by atoms with Crippen molar-refractivity contribution in [3.8, 4) is 0 Å². The third-order valence-electron chi connectivity index (χ3n) is 1.77. The summed E-state index contributed by atoms with van der Waals surface area (Å²) in [6.07, 6.45) is 5.31. The van der Waals surface area contributed by atoms with Crippen molar-refractivity contribution in [2.24, 2.45) is 0 Å². The second-order valence-corrected chi connectivity index (χ2v) is 3.97. The third kappa shape index (κ3) is 5.09. The summed E-state index contributed by atoms with van der Waals surface area (Å²) in [4.78, 5) is 7.99. The molecule has 0 aliphatic heterocycles. The summed E-state index contributed by atoms with van der Waals surface area (Å²) in [5.74, 6) is 0.834. The zero-order chi connectivity index (χ0) is 10.9. The molecule has 0 bridgehead atoms. The number of rotatable bonds is 7. The number of nitrogens with zero attached hydrogens (tertiary/aromatic N) is 2. The first-order valence-electron chi connectivity index (χ1n) is 5.11. The normalized spacial score (nSPS) is 10.3. The second-order valence-electron chi connectivity index (χ2n) is 3.11. The first kappa shape index (κ1) is 12.4. The van der Waals surface area contributed by atoms with Gasteiger partial charge in [-0.2, -0.15) is 0 Å². The van der Waals surface area contributed by atoms with Gasteiger partial charge in [-0.15, -0.1) is 0 Å². The predicted octanol–water partition coefficient (Wildman–Crippen LogP) is 2.47. The van der Waals surface area contributed by atoms with Gasteiger partial charge in [-0.25, -0.2) is 9.97 Å². The van der Waals surface area contributed by atoms with Crippen molar-refractivity contribution in [2.45, 2.75) is 19.8 Å². The van der Waals surface area contributed by atoms with Crippen LogP contribution in [0.1, 0.15) is 19.8 Å². The van der Waals surface area contributed by atoms with Crippen molar-refractivity contribution in [3.63, 3.8) is 0 Å². The van der Waals surface area contributed by atoms with E-state index in [1.807, 2.05) is 0 Å². The lowest BCUT2D eigenvalue weighted by atomic mass is 10.4. The molecule has 1 N–H and O–H groups in total. The number of halogens is 1. The van der Waals surface area contributed by atoms with Crippen molar-refractivity contribution in [2.75, 3.05) is 25.1 Å². The molecular formula is C10H16BrN3O. The Bertz CT molecular complexity index is 283. The Labute approximate surface area is 98.6 Å². The molecule has 5 heteroatoms. The first-order chi connectivity index (χ1) is 7.34. The van der Waals surface area contributed by atoms with Crippen LogP contribution in [0.4, 0.5) is 5.82 Å². The van der Waals surface area contributed by atoms with Crippen LogP contribution in [0, 0.1) is 0 Å². The fourth-order valence-corrected chi connectivity index (χ4v) is 1.43. The Kier molecular flexibility index (Phi) is 6.27. The molecule has 0 atom stereocenters. The van der Waals surface area contributed by atoms with Gasteiger partial charge in [-0.1, -0.05) is 6.92 Å². The number of hydrogen-bond donors (Lipinski definition) is 1. The molecule has 1 aromatic heterocycles. The molecule has 0 unspecified atom stereocenters. The molecule has 0 spiro atoms. The van der Waals surface area contributed by atoms with E-state index < -0.39 is 0 Å². The van der Waals surface area contributed by atoms with E-state index in [0.29, 0.717) is 0 Å². The molecule has 1 aromatic rings. The maximum absolute atomic E-state index is 5.37. The molecule has 0 fully saturated rings. The van der Waals surface area contributed by atoms with Gasteiger partial charge in [0.25, 0.3) is 0 Å². The fourth-order valence-electron chi connectivity index (χ4n) is 1.07. The van der Waals surface area contributed by atoms with E-state index in [-0.39, 0.29) is 0 Å². The highest BCUT2D eigenvalue weighted by Gasteiger charge is 1.98. The van der Waals surface area contributed by atoms with Crippen molar-refractivity contribution in [1.82, 2.24) is 9.97 Å². The molecule has 0 saturated heterocycles. The van der Waals surface area contributed by atoms with Crippen molar-refractivity contribution >= 4 is 21.7 Å². The molecule has 1 rings (SSSR count). The topological polar surface area (TPSA) is 47.0 Å². The van der Waals surface area contributed by atoms with Gasteiger partial charge in [0, 0.05) is 26.0 Å². The average Bonchev–Trinajstić information content (AvgIpc) is 2.25. The molecule has 1 heterocycles. The summed E-state index contributed by atoms with van der Waals surface area (Å²) in [5.41, 5.74) is 0. The highest BCUT2D eigenvalue weighted by atomic mass is 79.9. The molecule has 0 radical (unpaired) electrons. The van der Waals surface area contributed by atoms with Gasteiger partial charge < -0.3 is 10.1 Å². The Balaban J connectivity index is 2.12. The number of nitrogens with one attached hydrogen (secondary N) is 1. The quantitative estimate of drug-likeness (QED) is 0.776. The maximum atomic E-state index is 5.37. The first-order valence-corrected chi connectivity index (χ1v) is 5.91. The van der Waals surface area contributed by atoms with E-state index in [4.69, 9.17) is 4.74 Å². The second kappa shape index (κ2) is 7.59. The Morgan fingerprint density at radius 2 is 2.33 bits per heavy atom. The standard InChI is InChI=1S/C10H16BrN3O/c1-2-5-15-6-3-4-13-10-9(11)7-12-8-14-10/h7-8H,2-6H2,1H3,(H,12,13,14). The van der Waals surface area contributed by atoms with E-state index in [2.05, 4.69) is 38.1 Å². The van der Waals surface area contributed by atoms with E-state index in [1.165, 1.54) is 6.33 Å². The summed E-state index contributed by atoms with van der Waals surface area (Å²) < 4.78 is 6.25. The fraction of sp³-hybridized carbons (Fsp3) is 0.600. The smallest absolute Gasteiger partial charge is 0.143 e. The minimum Gasteiger partial charge on any atom is -0.381 e. The summed E-state index contributed by atoms with van der Waals surface area (Å²) in [7, 11) is 0. The summed E-state index contributed by atoms with van der Waals surface area (Å²) in [5, 5.41) is 3.21. The minimum absolute atomic E-state index is 0.795. The van der Waals surface area contributed by atoms with Gasteiger partial charge >= 0.3 is 0 Å². The SMILES string of the molecule is CCCOCCCNc1ncncc1Br. The lowest BCUT2D eigenvalue weighted by molar-refractivity contribution is 0.134. The van der Waals surface area contributed by atoms with Crippen LogP contribution in [0.5, 0.6) is 0 Å². The van der Waals surface area contributed by atoms with E-state index in [1.54, 1.807) is 6.20 Å². The van der Waals surface area contributed by atoms with Crippen LogP contribution in [0.15, 0.2) is 17.0 Å². The van der Waals surface area contributed by atoms with Crippen molar-refractivity contribution in [1.29, 1.82) is 0 Å². The molecule has 0 saturated carbocycles. The minimum atomic E-state index is 0.795. The lowest BCUT2D eigenvalue weighted by Gasteiger charge is -2.06. The molecule has 84 valence electrons. The van der Waals surface area contributed by atoms with Crippen LogP contribution >= 0.6 is 15.9 Å². The Morgan fingerprint density at radius 3 is 3.07 bits per heavy atom. The van der Waals surface area contributed by atoms with Gasteiger partial charge in [-0.05, 0) is 28.8 Å². The average molecular weight is 274 g/mol. The summed E-state index contributed by atoms with van der Waals surface area (Å²) in [6.45, 7) is 4.61. The van der Waals surface area contributed by atoms with Crippen molar-refractivity contribution in [3.05, 3.63) is 17.0 Å². The van der Waals surface area contributed by atoms with Gasteiger partial charge in [0.1, 0.15) is 12.1 Å². The summed E-state index contributed by atoms with van der Waals surface area (Å²) in [6, 6.07) is 0. The van der Waals surface area contributed by atoms with Crippen LogP contribution in [0.2, 0.25) is 0 Å². The van der Waals surface area contributed by atoms with Crippen LogP contribution in [-0.4, -0.2) is 29.7 Å². The van der Waals surface area contributed by atoms with Crippen LogP contribution in [-0.2, 0) is 4.74 Å². The third-order valence-corrected chi connectivity index (χ3v) is 2.35. The molecule has 4 nitrogen and oxygen atoms in total. The number of hydrogen-bond acceptors (Lipinski definition) is 4. The zero-order valence-corrected chi connectivity index (χ0v) is 10.5. The molecule has 0 aliphatic carbocycles. The maximum Gasteiger partial charge on any atom is 0.143 e. The molecule has 0 aromatic carbocycles. The van der Waals surface area contributed by atoms with Crippen LogP contribution in [0.3, 0.4) is 0 Å². The lowest BCUT2D eigenvalue weighted by Crippen LogP contribution is -2.07. The van der Waals surface area contributed by atoms with Crippen LogP contribution in [0.25, 0.3) is 0 Å². The highest BCUT2D eigenvalue weighted by Crippen LogP contribution is 2.16. The summed E-state index contributed by atoms with van der Waals surface area (Å²) >= 11 is 3.37. The molecule has 0 aliphatic rings. The Hall–Kier alpha value is -0.680. The zero-order valence-electron chi connectivity index (χ0n) is 8.87.